The standard InChI is InChI=1S/C19H36O3/c1-18(2,3)14-10-9-13-16(17(20)22-21)19(4,5)15-11-7-6-8-12-15/h15-16,21H,6-14H2,1-5H3. The topological polar surface area (TPSA) is 46.5 Å². The van der Waals surface area contributed by atoms with E-state index in [0.29, 0.717) is 11.3 Å². The Bertz CT molecular complexity index is 335. The quantitative estimate of drug-likeness (QED) is 0.365. The van der Waals surface area contributed by atoms with E-state index in [2.05, 4.69) is 39.5 Å². The molecule has 1 saturated carbocycles. The van der Waals surface area contributed by atoms with Crippen LogP contribution in [0.25, 0.3) is 0 Å². The van der Waals surface area contributed by atoms with Crippen molar-refractivity contribution in [3.63, 3.8) is 0 Å². The second kappa shape index (κ2) is 8.33. The van der Waals surface area contributed by atoms with E-state index in [1.54, 1.807) is 0 Å². The molecule has 0 aromatic carbocycles. The Hall–Kier alpha value is -0.570. The highest BCUT2D eigenvalue weighted by molar-refractivity contribution is 5.72. The molecule has 0 spiro atoms. The zero-order chi connectivity index (χ0) is 16.8. The van der Waals surface area contributed by atoms with Crippen molar-refractivity contribution in [1.82, 2.24) is 0 Å². The molecule has 0 radical (unpaired) electrons. The molecule has 1 fully saturated rings. The van der Waals surface area contributed by atoms with Crippen LogP contribution in [0.1, 0.15) is 92.4 Å². The molecule has 1 aliphatic carbocycles. The third-order valence-electron chi connectivity index (χ3n) is 5.60. The van der Waals surface area contributed by atoms with E-state index in [4.69, 9.17) is 5.26 Å². The second-order valence-corrected chi connectivity index (χ2v) is 8.93. The number of carbonyl (C=O) groups is 1. The Morgan fingerprint density at radius 1 is 1.09 bits per heavy atom. The zero-order valence-corrected chi connectivity index (χ0v) is 15.3. The van der Waals surface area contributed by atoms with Gasteiger partial charge in [0.15, 0.2) is 0 Å². The Labute approximate surface area is 136 Å². The Morgan fingerprint density at radius 2 is 1.68 bits per heavy atom. The fourth-order valence-electron chi connectivity index (χ4n) is 3.99. The lowest BCUT2D eigenvalue weighted by Gasteiger charge is -2.41. The van der Waals surface area contributed by atoms with Crippen molar-refractivity contribution in [3.05, 3.63) is 0 Å². The first-order valence-electron chi connectivity index (χ1n) is 9.04. The van der Waals surface area contributed by atoms with E-state index in [1.807, 2.05) is 0 Å². The molecule has 0 aromatic rings. The van der Waals surface area contributed by atoms with Gasteiger partial charge in [0.05, 0.1) is 5.92 Å². The van der Waals surface area contributed by atoms with Gasteiger partial charge in [-0.25, -0.2) is 4.79 Å². The van der Waals surface area contributed by atoms with Gasteiger partial charge in [-0.2, -0.15) is 5.26 Å². The van der Waals surface area contributed by atoms with Crippen LogP contribution in [0.3, 0.4) is 0 Å². The van der Waals surface area contributed by atoms with E-state index in [1.165, 1.54) is 32.1 Å². The number of hydrogen-bond donors (Lipinski definition) is 1. The summed E-state index contributed by atoms with van der Waals surface area (Å²) in [4.78, 5) is 16.3. The van der Waals surface area contributed by atoms with Gasteiger partial charge in [-0.15, -0.1) is 0 Å². The highest BCUT2D eigenvalue weighted by Crippen LogP contribution is 2.45. The van der Waals surface area contributed by atoms with Gasteiger partial charge < -0.3 is 4.89 Å². The van der Waals surface area contributed by atoms with Crippen LogP contribution < -0.4 is 0 Å². The maximum atomic E-state index is 12.1. The molecule has 3 heteroatoms. The van der Waals surface area contributed by atoms with Crippen LogP contribution in [0, 0.1) is 22.7 Å². The molecular formula is C19H36O3. The predicted molar refractivity (Wildman–Crippen MR) is 90.5 cm³/mol. The molecule has 3 nitrogen and oxygen atoms in total. The van der Waals surface area contributed by atoms with Crippen molar-refractivity contribution < 1.29 is 14.9 Å². The molecule has 1 rings (SSSR count). The summed E-state index contributed by atoms with van der Waals surface area (Å²) in [5.74, 6) is -0.0696. The third-order valence-corrected chi connectivity index (χ3v) is 5.60. The fraction of sp³-hybridized carbons (Fsp3) is 0.947. The summed E-state index contributed by atoms with van der Waals surface area (Å²) in [7, 11) is 0. The molecule has 1 atom stereocenters. The van der Waals surface area contributed by atoms with Gasteiger partial charge in [-0.1, -0.05) is 66.7 Å². The average Bonchev–Trinajstić information content (AvgIpc) is 2.46. The lowest BCUT2D eigenvalue weighted by Crippen LogP contribution is -2.39. The fourth-order valence-corrected chi connectivity index (χ4v) is 3.99. The minimum Gasteiger partial charge on any atom is -0.301 e. The molecule has 0 bridgehead atoms. The molecule has 0 aliphatic heterocycles. The van der Waals surface area contributed by atoms with Gasteiger partial charge in [0, 0.05) is 0 Å². The van der Waals surface area contributed by atoms with Crippen LogP contribution in [0.15, 0.2) is 0 Å². The third kappa shape index (κ3) is 5.91. The van der Waals surface area contributed by atoms with Gasteiger partial charge in [-0.05, 0) is 42.4 Å². The summed E-state index contributed by atoms with van der Waals surface area (Å²) in [6, 6.07) is 0. The van der Waals surface area contributed by atoms with E-state index in [0.717, 1.165) is 25.7 Å². The predicted octanol–water partition coefficient (Wildman–Crippen LogP) is 5.83. The monoisotopic (exact) mass is 312 g/mol. The molecule has 0 heterocycles. The van der Waals surface area contributed by atoms with Crippen molar-refractivity contribution in [3.8, 4) is 0 Å². The molecule has 1 N–H and O–H groups in total. The summed E-state index contributed by atoms with van der Waals surface area (Å²) >= 11 is 0. The summed E-state index contributed by atoms with van der Waals surface area (Å²) in [6.45, 7) is 11.1. The van der Waals surface area contributed by atoms with Gasteiger partial charge in [0.1, 0.15) is 0 Å². The second-order valence-electron chi connectivity index (χ2n) is 8.93. The van der Waals surface area contributed by atoms with E-state index in [9.17, 15) is 4.79 Å². The van der Waals surface area contributed by atoms with E-state index >= 15 is 0 Å². The van der Waals surface area contributed by atoms with Crippen molar-refractivity contribution in [2.45, 2.75) is 92.4 Å². The number of carbonyl (C=O) groups excluding carboxylic acids is 1. The highest BCUT2D eigenvalue weighted by Gasteiger charge is 2.42. The highest BCUT2D eigenvalue weighted by atomic mass is 17.1. The average molecular weight is 312 g/mol. The minimum atomic E-state index is -0.439. The maximum absolute atomic E-state index is 12.1. The molecular weight excluding hydrogens is 276 g/mol. The Morgan fingerprint density at radius 3 is 2.18 bits per heavy atom. The van der Waals surface area contributed by atoms with Crippen molar-refractivity contribution in [1.29, 1.82) is 0 Å². The largest absolute Gasteiger partial charge is 0.345 e. The number of hydrogen-bond acceptors (Lipinski definition) is 3. The summed E-state index contributed by atoms with van der Waals surface area (Å²) in [6.07, 6.45) is 10.4. The number of unbranched alkanes of at least 4 members (excludes halogenated alkanes) is 1. The molecule has 0 saturated heterocycles. The van der Waals surface area contributed by atoms with Crippen LogP contribution in [-0.4, -0.2) is 11.2 Å². The smallest absolute Gasteiger partial charge is 0.301 e. The Kier molecular flexibility index (Phi) is 7.37. The minimum absolute atomic E-state index is 0.0953. The summed E-state index contributed by atoms with van der Waals surface area (Å²) in [5, 5.41) is 8.90. The molecule has 1 aliphatic rings. The molecule has 0 amide bonds. The van der Waals surface area contributed by atoms with E-state index < -0.39 is 5.97 Å². The summed E-state index contributed by atoms with van der Waals surface area (Å²) in [5.41, 5.74) is 0.244. The van der Waals surface area contributed by atoms with E-state index in [-0.39, 0.29) is 11.3 Å². The number of rotatable bonds is 7. The van der Waals surface area contributed by atoms with Crippen LogP contribution in [-0.2, 0) is 9.68 Å². The summed E-state index contributed by atoms with van der Waals surface area (Å²) < 4.78 is 0. The molecule has 0 aromatic heterocycles. The zero-order valence-electron chi connectivity index (χ0n) is 15.3. The molecule has 1 unspecified atom stereocenters. The van der Waals surface area contributed by atoms with Crippen LogP contribution >= 0.6 is 0 Å². The van der Waals surface area contributed by atoms with Crippen molar-refractivity contribution in [2.75, 3.05) is 0 Å². The van der Waals surface area contributed by atoms with Crippen LogP contribution in [0.4, 0.5) is 0 Å². The van der Waals surface area contributed by atoms with Crippen LogP contribution in [0.2, 0.25) is 0 Å². The van der Waals surface area contributed by atoms with Crippen LogP contribution in [0.5, 0.6) is 0 Å². The maximum Gasteiger partial charge on any atom is 0.345 e. The van der Waals surface area contributed by atoms with Crippen molar-refractivity contribution >= 4 is 5.97 Å². The van der Waals surface area contributed by atoms with Gasteiger partial charge in [-0.3, -0.25) is 0 Å². The van der Waals surface area contributed by atoms with Gasteiger partial charge in [0.25, 0.3) is 0 Å². The lowest BCUT2D eigenvalue weighted by atomic mass is 9.63. The first-order valence-corrected chi connectivity index (χ1v) is 9.04. The Balaban J connectivity index is 2.64. The normalized spacial score (nSPS) is 19.0. The lowest BCUT2D eigenvalue weighted by molar-refractivity contribution is -0.244. The molecule has 130 valence electrons. The first-order chi connectivity index (χ1) is 10.2. The SMILES string of the molecule is CC(C)(C)CCCCC(C(=O)OO)C(C)(C)C1CCCCC1. The van der Waals surface area contributed by atoms with Gasteiger partial charge >= 0.3 is 5.97 Å². The van der Waals surface area contributed by atoms with Crippen molar-refractivity contribution in [2.24, 2.45) is 22.7 Å². The molecule has 22 heavy (non-hydrogen) atoms. The first kappa shape index (κ1) is 19.5. The van der Waals surface area contributed by atoms with Gasteiger partial charge in [0.2, 0.25) is 0 Å².